The van der Waals surface area contributed by atoms with Crippen molar-refractivity contribution in [1.82, 2.24) is 0 Å². The van der Waals surface area contributed by atoms with Gasteiger partial charge in [0, 0.05) is 23.3 Å². The Hall–Kier alpha value is -0.580. The van der Waals surface area contributed by atoms with Crippen LogP contribution in [0.4, 0.5) is 5.69 Å². The van der Waals surface area contributed by atoms with Gasteiger partial charge in [-0.3, -0.25) is 0 Å². The second-order valence-electron chi connectivity index (χ2n) is 4.47. The molecule has 17 heavy (non-hydrogen) atoms. The minimum absolute atomic E-state index is 0.377. The molecule has 0 fully saturated rings. The highest BCUT2D eigenvalue weighted by Crippen LogP contribution is 2.13. The van der Waals surface area contributed by atoms with Gasteiger partial charge in [0.25, 0.3) is 0 Å². The van der Waals surface area contributed by atoms with Gasteiger partial charge in [-0.2, -0.15) is 0 Å². The average molecular weight is 302 g/mol. The Bertz CT molecular complexity index is 314. The number of aliphatic hydroxyl groups excluding tert-OH is 1. The fourth-order valence-electron chi connectivity index (χ4n) is 1.30. The molecule has 1 rings (SSSR count). The summed E-state index contributed by atoms with van der Waals surface area (Å²) in [4.78, 5) is 0. The van der Waals surface area contributed by atoms with Gasteiger partial charge in [0.15, 0.2) is 0 Å². The number of nitrogens with one attached hydrogen (secondary N) is 1. The number of ether oxygens (including phenoxy) is 1. The summed E-state index contributed by atoms with van der Waals surface area (Å²) in [6, 6.07) is 7.85. The van der Waals surface area contributed by atoms with Crippen LogP contribution in [0.3, 0.4) is 0 Å². The molecule has 0 spiro atoms. The summed E-state index contributed by atoms with van der Waals surface area (Å²) in [5.74, 6) is 0.502. The third-order valence-electron chi connectivity index (χ3n) is 2.15. The Morgan fingerprint density at radius 1 is 1.24 bits per heavy atom. The van der Waals surface area contributed by atoms with Crippen molar-refractivity contribution in [1.29, 1.82) is 0 Å². The van der Waals surface area contributed by atoms with Crippen molar-refractivity contribution in [2.45, 2.75) is 20.0 Å². The number of hydrogen-bond acceptors (Lipinski definition) is 3. The molecule has 0 aliphatic rings. The Labute approximate surface area is 111 Å². The predicted molar refractivity (Wildman–Crippen MR) is 74.3 cm³/mol. The van der Waals surface area contributed by atoms with Crippen molar-refractivity contribution >= 4 is 21.6 Å². The van der Waals surface area contributed by atoms with E-state index in [9.17, 15) is 5.11 Å². The van der Waals surface area contributed by atoms with Gasteiger partial charge < -0.3 is 15.2 Å². The maximum absolute atomic E-state index is 9.68. The summed E-state index contributed by atoms with van der Waals surface area (Å²) in [6.07, 6.45) is -0.475. The van der Waals surface area contributed by atoms with Crippen LogP contribution in [0.25, 0.3) is 0 Å². The minimum atomic E-state index is -0.475. The summed E-state index contributed by atoms with van der Waals surface area (Å²) >= 11 is 3.38. The van der Waals surface area contributed by atoms with Crippen LogP contribution in [-0.4, -0.2) is 31.0 Å². The molecule has 0 heterocycles. The zero-order valence-corrected chi connectivity index (χ0v) is 11.9. The van der Waals surface area contributed by atoms with E-state index >= 15 is 0 Å². The van der Waals surface area contributed by atoms with Crippen LogP contribution in [0.15, 0.2) is 28.7 Å². The van der Waals surface area contributed by atoms with E-state index in [4.69, 9.17) is 4.74 Å². The molecule has 0 aliphatic carbocycles. The van der Waals surface area contributed by atoms with E-state index < -0.39 is 6.10 Å². The second kappa shape index (κ2) is 7.69. The number of halogens is 1. The Morgan fingerprint density at radius 3 is 2.47 bits per heavy atom. The van der Waals surface area contributed by atoms with E-state index in [1.807, 2.05) is 24.3 Å². The zero-order valence-electron chi connectivity index (χ0n) is 10.3. The second-order valence-corrected chi connectivity index (χ2v) is 5.39. The van der Waals surface area contributed by atoms with Crippen LogP contribution < -0.4 is 5.32 Å². The lowest BCUT2D eigenvalue weighted by Gasteiger charge is -2.14. The number of rotatable bonds is 7. The van der Waals surface area contributed by atoms with Crippen molar-refractivity contribution in [3.8, 4) is 0 Å². The summed E-state index contributed by atoms with van der Waals surface area (Å²) in [5.41, 5.74) is 0.996. The molecule has 4 heteroatoms. The molecule has 0 aromatic heterocycles. The van der Waals surface area contributed by atoms with Crippen LogP contribution in [0, 0.1) is 5.92 Å². The molecule has 0 bridgehead atoms. The lowest BCUT2D eigenvalue weighted by atomic mass is 10.2. The van der Waals surface area contributed by atoms with Crippen LogP contribution in [-0.2, 0) is 4.74 Å². The number of benzene rings is 1. The predicted octanol–water partition coefficient (Wildman–Crippen LogP) is 2.89. The van der Waals surface area contributed by atoms with E-state index in [-0.39, 0.29) is 0 Å². The van der Waals surface area contributed by atoms with Gasteiger partial charge in [-0.25, -0.2) is 0 Å². The van der Waals surface area contributed by atoms with Gasteiger partial charge in [-0.1, -0.05) is 29.8 Å². The first kappa shape index (κ1) is 14.5. The van der Waals surface area contributed by atoms with Gasteiger partial charge >= 0.3 is 0 Å². The third kappa shape index (κ3) is 6.66. The molecule has 2 N–H and O–H groups in total. The third-order valence-corrected chi connectivity index (χ3v) is 2.68. The molecule has 3 nitrogen and oxygen atoms in total. The van der Waals surface area contributed by atoms with Gasteiger partial charge in [0.1, 0.15) is 0 Å². The highest BCUT2D eigenvalue weighted by Gasteiger charge is 2.04. The molecule has 1 aromatic rings. The van der Waals surface area contributed by atoms with Crippen molar-refractivity contribution < 1.29 is 9.84 Å². The number of hydrogen-bond donors (Lipinski definition) is 2. The summed E-state index contributed by atoms with van der Waals surface area (Å²) < 4.78 is 6.41. The molecule has 1 unspecified atom stereocenters. The fourth-order valence-corrected chi connectivity index (χ4v) is 1.57. The van der Waals surface area contributed by atoms with Gasteiger partial charge in [-0.05, 0) is 30.2 Å². The first-order valence-electron chi connectivity index (χ1n) is 5.83. The van der Waals surface area contributed by atoms with Crippen molar-refractivity contribution in [2.75, 3.05) is 25.1 Å². The molecular weight excluding hydrogens is 282 g/mol. The molecule has 96 valence electrons. The fraction of sp³-hybridized carbons (Fsp3) is 0.538. The lowest BCUT2D eigenvalue weighted by molar-refractivity contribution is 0.0318. The highest BCUT2D eigenvalue weighted by atomic mass is 79.9. The van der Waals surface area contributed by atoms with Gasteiger partial charge in [0.05, 0.1) is 12.7 Å². The van der Waals surface area contributed by atoms with Crippen LogP contribution in [0.2, 0.25) is 0 Å². The van der Waals surface area contributed by atoms with E-state index in [1.165, 1.54) is 0 Å². The zero-order chi connectivity index (χ0) is 12.7. The first-order valence-corrected chi connectivity index (χ1v) is 6.62. The molecule has 1 aromatic carbocycles. The number of aliphatic hydroxyl groups is 1. The van der Waals surface area contributed by atoms with E-state index in [0.717, 1.165) is 10.2 Å². The van der Waals surface area contributed by atoms with Crippen LogP contribution in [0.1, 0.15) is 13.8 Å². The molecule has 1 atom stereocenters. The Balaban J connectivity index is 2.19. The molecule has 0 saturated carbocycles. The highest BCUT2D eigenvalue weighted by molar-refractivity contribution is 9.10. The molecule has 0 aliphatic heterocycles. The maximum atomic E-state index is 9.68. The van der Waals surface area contributed by atoms with Gasteiger partial charge in [-0.15, -0.1) is 0 Å². The topological polar surface area (TPSA) is 41.5 Å². The molecule has 0 radical (unpaired) electrons. The molecule has 0 amide bonds. The lowest BCUT2D eigenvalue weighted by Crippen LogP contribution is -2.25. The number of anilines is 1. The van der Waals surface area contributed by atoms with Crippen LogP contribution >= 0.6 is 15.9 Å². The standard InChI is InChI=1S/C13H20BrNO2/c1-10(2)8-17-9-13(16)7-15-12-5-3-11(14)4-6-12/h3-6,10,13,15-16H,7-9H2,1-2H3. The van der Waals surface area contributed by atoms with Crippen molar-refractivity contribution in [3.05, 3.63) is 28.7 Å². The van der Waals surface area contributed by atoms with Crippen molar-refractivity contribution in [3.63, 3.8) is 0 Å². The largest absolute Gasteiger partial charge is 0.389 e. The van der Waals surface area contributed by atoms with E-state index in [0.29, 0.717) is 25.7 Å². The Kier molecular flexibility index (Phi) is 6.55. The monoisotopic (exact) mass is 301 g/mol. The van der Waals surface area contributed by atoms with Gasteiger partial charge in [0.2, 0.25) is 0 Å². The van der Waals surface area contributed by atoms with Crippen molar-refractivity contribution in [2.24, 2.45) is 5.92 Å². The average Bonchev–Trinajstić information content (AvgIpc) is 2.28. The quantitative estimate of drug-likeness (QED) is 0.814. The van der Waals surface area contributed by atoms with E-state index in [1.54, 1.807) is 0 Å². The van der Waals surface area contributed by atoms with Crippen LogP contribution in [0.5, 0.6) is 0 Å². The molecular formula is C13H20BrNO2. The SMILES string of the molecule is CC(C)COCC(O)CNc1ccc(Br)cc1. The Morgan fingerprint density at radius 2 is 1.88 bits per heavy atom. The summed E-state index contributed by atoms with van der Waals surface area (Å²) in [5, 5.41) is 12.8. The summed E-state index contributed by atoms with van der Waals surface area (Å²) in [7, 11) is 0. The first-order chi connectivity index (χ1) is 8.08. The normalized spacial score (nSPS) is 12.8. The smallest absolute Gasteiger partial charge is 0.0945 e. The molecule has 0 saturated heterocycles. The summed E-state index contributed by atoms with van der Waals surface area (Å²) in [6.45, 7) is 5.75. The maximum Gasteiger partial charge on any atom is 0.0945 e. The minimum Gasteiger partial charge on any atom is -0.389 e. The van der Waals surface area contributed by atoms with E-state index in [2.05, 4.69) is 35.1 Å².